The second kappa shape index (κ2) is 9.45. The summed E-state index contributed by atoms with van der Waals surface area (Å²) in [5, 5.41) is 6.05. The van der Waals surface area contributed by atoms with Crippen LogP contribution in [0.1, 0.15) is 47.5 Å². The molecule has 2 heterocycles. The highest BCUT2D eigenvalue weighted by Crippen LogP contribution is 2.20. The first-order valence-corrected chi connectivity index (χ1v) is 10.8. The number of piperazine rings is 1. The van der Waals surface area contributed by atoms with Crippen molar-refractivity contribution in [1.29, 1.82) is 0 Å². The van der Waals surface area contributed by atoms with Crippen molar-refractivity contribution < 1.29 is 9.53 Å². The molecule has 0 atom stereocenters. The number of alkyl carbamates (subject to hydrolysis) is 1. The second-order valence-corrected chi connectivity index (χ2v) is 8.95. The number of amides is 1. The molecule has 158 valence electrons. The molecule has 0 aromatic carbocycles. The van der Waals surface area contributed by atoms with Gasteiger partial charge in [-0.15, -0.1) is 11.3 Å². The van der Waals surface area contributed by atoms with E-state index in [9.17, 15) is 4.79 Å². The SMILES string of the molecule is CCC(CC)(CN=C(N)N1CCN(c2nccs2)CC1)NC(=O)OC(C)(C)C. The highest BCUT2D eigenvalue weighted by Gasteiger charge is 2.31. The number of hydrogen-bond donors (Lipinski definition) is 2. The zero-order valence-corrected chi connectivity index (χ0v) is 18.5. The Morgan fingerprint density at radius 1 is 1.29 bits per heavy atom. The number of nitrogens with zero attached hydrogens (tertiary/aromatic N) is 4. The van der Waals surface area contributed by atoms with Gasteiger partial charge in [-0.05, 0) is 33.6 Å². The third kappa shape index (κ3) is 6.25. The first-order chi connectivity index (χ1) is 13.2. The zero-order chi connectivity index (χ0) is 20.8. The van der Waals surface area contributed by atoms with Crippen LogP contribution < -0.4 is 16.0 Å². The van der Waals surface area contributed by atoms with Crippen LogP contribution in [0.2, 0.25) is 0 Å². The van der Waals surface area contributed by atoms with Crippen molar-refractivity contribution in [3.8, 4) is 0 Å². The number of hydrogen-bond acceptors (Lipinski definition) is 6. The van der Waals surface area contributed by atoms with Crippen molar-refractivity contribution in [3.05, 3.63) is 11.6 Å². The Bertz CT molecular complexity index is 644. The average molecular weight is 411 g/mol. The Morgan fingerprint density at radius 3 is 2.43 bits per heavy atom. The minimum atomic E-state index is -0.531. The lowest BCUT2D eigenvalue weighted by Gasteiger charge is -2.36. The molecule has 1 amide bonds. The predicted molar refractivity (Wildman–Crippen MR) is 115 cm³/mol. The second-order valence-electron chi connectivity index (χ2n) is 8.08. The molecule has 0 aliphatic carbocycles. The number of thiazole rings is 1. The van der Waals surface area contributed by atoms with Crippen LogP contribution >= 0.6 is 11.3 Å². The lowest BCUT2D eigenvalue weighted by molar-refractivity contribution is 0.0451. The van der Waals surface area contributed by atoms with E-state index in [1.807, 2.05) is 46.2 Å². The molecule has 0 bridgehead atoms. The minimum absolute atomic E-state index is 0.415. The van der Waals surface area contributed by atoms with Gasteiger partial charge in [0.25, 0.3) is 0 Å². The Labute approximate surface area is 172 Å². The number of aromatic nitrogens is 1. The van der Waals surface area contributed by atoms with E-state index in [1.54, 1.807) is 11.3 Å². The standard InChI is InChI=1S/C19H34N6O2S/c1-6-19(7-2,23-17(26)27-18(3,4)5)14-22-15(20)24-9-11-25(12-10-24)16-21-8-13-28-16/h8,13H,6-7,9-12,14H2,1-5H3,(H2,20,22)(H,23,26). The van der Waals surface area contributed by atoms with Gasteiger partial charge in [-0.2, -0.15) is 0 Å². The maximum atomic E-state index is 12.3. The van der Waals surface area contributed by atoms with Crippen LogP contribution in [0.15, 0.2) is 16.6 Å². The first kappa shape index (κ1) is 22.3. The fourth-order valence-electron chi connectivity index (χ4n) is 3.04. The van der Waals surface area contributed by atoms with E-state index >= 15 is 0 Å². The lowest BCUT2D eigenvalue weighted by atomic mass is 9.93. The number of ether oxygens (including phenoxy) is 1. The number of anilines is 1. The summed E-state index contributed by atoms with van der Waals surface area (Å²) >= 11 is 1.65. The van der Waals surface area contributed by atoms with E-state index in [4.69, 9.17) is 10.5 Å². The zero-order valence-electron chi connectivity index (χ0n) is 17.7. The van der Waals surface area contributed by atoms with E-state index < -0.39 is 17.2 Å². The summed E-state index contributed by atoms with van der Waals surface area (Å²) in [4.78, 5) is 25.6. The number of aliphatic imine (C=N–C) groups is 1. The summed E-state index contributed by atoms with van der Waals surface area (Å²) in [7, 11) is 0. The van der Waals surface area contributed by atoms with Gasteiger partial charge in [0, 0.05) is 37.8 Å². The Hall–Kier alpha value is -2.03. The van der Waals surface area contributed by atoms with Crippen molar-refractivity contribution >= 4 is 28.5 Å². The van der Waals surface area contributed by atoms with Crippen molar-refractivity contribution in [3.63, 3.8) is 0 Å². The van der Waals surface area contributed by atoms with Gasteiger partial charge in [0.05, 0.1) is 12.1 Å². The maximum Gasteiger partial charge on any atom is 0.408 e. The quantitative estimate of drug-likeness (QED) is 0.553. The van der Waals surface area contributed by atoms with E-state index in [0.717, 1.165) is 44.2 Å². The molecule has 8 nitrogen and oxygen atoms in total. The molecule has 1 aromatic rings. The average Bonchev–Trinajstić information content (AvgIpc) is 3.18. The molecule has 3 N–H and O–H groups in total. The van der Waals surface area contributed by atoms with Gasteiger partial charge in [-0.3, -0.25) is 4.99 Å². The summed E-state index contributed by atoms with van der Waals surface area (Å²) in [5.41, 5.74) is 5.27. The molecular weight excluding hydrogens is 376 g/mol. The summed E-state index contributed by atoms with van der Waals surface area (Å²) in [5.74, 6) is 0.524. The largest absolute Gasteiger partial charge is 0.444 e. The highest BCUT2D eigenvalue weighted by atomic mass is 32.1. The molecule has 0 radical (unpaired) electrons. The maximum absolute atomic E-state index is 12.3. The van der Waals surface area contributed by atoms with Crippen LogP contribution in [0.25, 0.3) is 0 Å². The lowest BCUT2D eigenvalue weighted by Crippen LogP contribution is -2.53. The van der Waals surface area contributed by atoms with Crippen LogP contribution in [0.4, 0.5) is 9.93 Å². The predicted octanol–water partition coefficient (Wildman–Crippen LogP) is 2.66. The summed E-state index contributed by atoms with van der Waals surface area (Å²) in [6.07, 6.45) is 2.91. The molecule has 9 heteroatoms. The van der Waals surface area contributed by atoms with E-state index in [-0.39, 0.29) is 0 Å². The van der Waals surface area contributed by atoms with E-state index in [0.29, 0.717) is 12.5 Å². The van der Waals surface area contributed by atoms with Gasteiger partial charge in [-0.25, -0.2) is 9.78 Å². The topological polar surface area (TPSA) is 96.1 Å². The third-order valence-corrected chi connectivity index (χ3v) is 5.79. The van der Waals surface area contributed by atoms with Crippen LogP contribution in [-0.4, -0.2) is 65.8 Å². The number of rotatable bonds is 6. The monoisotopic (exact) mass is 410 g/mol. The number of guanidine groups is 1. The van der Waals surface area contributed by atoms with Crippen molar-refractivity contribution in [2.24, 2.45) is 10.7 Å². The summed E-state index contributed by atoms with van der Waals surface area (Å²) < 4.78 is 5.42. The molecule has 2 rings (SSSR count). The van der Waals surface area contributed by atoms with Gasteiger partial charge in [0.15, 0.2) is 11.1 Å². The van der Waals surface area contributed by atoms with Crippen LogP contribution in [0.5, 0.6) is 0 Å². The van der Waals surface area contributed by atoms with Crippen LogP contribution in [0.3, 0.4) is 0 Å². The Balaban J connectivity index is 1.93. The molecule has 1 saturated heterocycles. The molecule has 1 aromatic heterocycles. The smallest absolute Gasteiger partial charge is 0.408 e. The number of nitrogens with two attached hydrogens (primary N) is 1. The molecule has 0 unspecified atom stereocenters. The van der Waals surface area contributed by atoms with Gasteiger partial charge in [-0.1, -0.05) is 13.8 Å². The van der Waals surface area contributed by atoms with Crippen LogP contribution in [0, 0.1) is 0 Å². The van der Waals surface area contributed by atoms with Gasteiger partial charge in [0.2, 0.25) is 0 Å². The highest BCUT2D eigenvalue weighted by molar-refractivity contribution is 7.13. The van der Waals surface area contributed by atoms with Crippen LogP contribution in [-0.2, 0) is 4.74 Å². The first-order valence-electron chi connectivity index (χ1n) is 9.88. The van der Waals surface area contributed by atoms with E-state index in [1.165, 1.54) is 0 Å². The summed E-state index contributed by atoms with van der Waals surface area (Å²) in [6, 6.07) is 0. The number of nitrogens with one attached hydrogen (secondary N) is 1. The van der Waals surface area contributed by atoms with E-state index in [2.05, 4.69) is 25.1 Å². The third-order valence-electron chi connectivity index (χ3n) is 4.96. The normalized spacial score (nSPS) is 16.2. The number of carbonyl (C=O) groups is 1. The van der Waals surface area contributed by atoms with Crippen molar-refractivity contribution in [1.82, 2.24) is 15.2 Å². The van der Waals surface area contributed by atoms with Crippen molar-refractivity contribution in [2.45, 2.75) is 58.6 Å². The molecular formula is C19H34N6O2S. The molecule has 0 saturated carbocycles. The Kier molecular flexibility index (Phi) is 7.51. The molecule has 1 aliphatic heterocycles. The molecule has 28 heavy (non-hydrogen) atoms. The molecule has 1 aliphatic rings. The fraction of sp³-hybridized carbons (Fsp3) is 0.737. The molecule has 0 spiro atoms. The summed E-state index contributed by atoms with van der Waals surface area (Å²) in [6.45, 7) is 13.4. The molecule has 1 fully saturated rings. The van der Waals surface area contributed by atoms with Crippen molar-refractivity contribution in [2.75, 3.05) is 37.6 Å². The Morgan fingerprint density at radius 2 is 1.93 bits per heavy atom. The number of carbonyl (C=O) groups excluding carboxylic acids is 1. The van der Waals surface area contributed by atoms with Gasteiger partial charge < -0.3 is 25.6 Å². The fourth-order valence-corrected chi connectivity index (χ4v) is 3.74. The van der Waals surface area contributed by atoms with Gasteiger partial charge in [0.1, 0.15) is 5.60 Å². The van der Waals surface area contributed by atoms with Gasteiger partial charge >= 0.3 is 6.09 Å². The minimum Gasteiger partial charge on any atom is -0.444 e.